The van der Waals surface area contributed by atoms with Crippen LogP contribution in [0.25, 0.3) is 22.3 Å². The number of aromatic nitrogens is 4. The van der Waals surface area contributed by atoms with Crippen LogP contribution < -0.4 is 5.73 Å². The van der Waals surface area contributed by atoms with Crippen molar-refractivity contribution in [2.24, 2.45) is 0 Å². The Balaban J connectivity index is 1.67. The molecule has 8 heteroatoms. The molecular weight excluding hydrogens is 368 g/mol. The van der Waals surface area contributed by atoms with Crippen LogP contribution in [0.15, 0.2) is 36.7 Å². The summed E-state index contributed by atoms with van der Waals surface area (Å²) >= 11 is 0. The minimum Gasteiger partial charge on any atom is -0.383 e. The Morgan fingerprint density at radius 3 is 2.72 bits per heavy atom. The Bertz CT molecular complexity index is 982. The van der Waals surface area contributed by atoms with Gasteiger partial charge in [0.05, 0.1) is 17.5 Å². The van der Waals surface area contributed by atoms with E-state index in [0.29, 0.717) is 18.0 Å². The number of fused-ring (bicyclic) bond motifs is 1. The number of nitrogens with zero attached hydrogens (tertiary/aromatic N) is 5. The Labute approximate surface area is 170 Å². The first-order valence-electron chi connectivity index (χ1n) is 9.97. The third-order valence-electron chi connectivity index (χ3n) is 5.15. The van der Waals surface area contributed by atoms with Crippen LogP contribution in [0, 0.1) is 0 Å². The Morgan fingerprint density at radius 1 is 1.24 bits per heavy atom. The van der Waals surface area contributed by atoms with Gasteiger partial charge in [0, 0.05) is 18.2 Å². The molecule has 3 N–H and O–H groups in total. The lowest BCUT2D eigenvalue weighted by Gasteiger charge is -2.33. The monoisotopic (exact) mass is 396 g/mol. The first-order chi connectivity index (χ1) is 13.8. The van der Waals surface area contributed by atoms with Gasteiger partial charge in [-0.05, 0) is 33.6 Å². The van der Waals surface area contributed by atoms with Gasteiger partial charge in [0.25, 0.3) is 0 Å². The van der Waals surface area contributed by atoms with E-state index in [9.17, 15) is 5.11 Å². The number of aliphatic hydroxyl groups excluding tert-OH is 1. The summed E-state index contributed by atoms with van der Waals surface area (Å²) in [7, 11) is 0. The van der Waals surface area contributed by atoms with Crippen molar-refractivity contribution in [3.63, 3.8) is 0 Å². The van der Waals surface area contributed by atoms with Crippen molar-refractivity contribution in [2.75, 3.05) is 12.3 Å². The molecule has 0 spiro atoms. The van der Waals surface area contributed by atoms with Crippen LogP contribution in [-0.2, 0) is 11.3 Å². The summed E-state index contributed by atoms with van der Waals surface area (Å²) in [6.07, 6.45) is 2.47. The van der Waals surface area contributed by atoms with Gasteiger partial charge in [0.2, 0.25) is 6.41 Å². The van der Waals surface area contributed by atoms with Crippen molar-refractivity contribution in [3.05, 3.63) is 36.7 Å². The molecule has 29 heavy (non-hydrogen) atoms. The average molecular weight is 396 g/mol. The zero-order valence-corrected chi connectivity index (χ0v) is 17.1. The van der Waals surface area contributed by atoms with E-state index in [4.69, 9.17) is 15.6 Å². The van der Waals surface area contributed by atoms with Crippen LogP contribution in [0.4, 0.5) is 5.82 Å². The van der Waals surface area contributed by atoms with Crippen molar-refractivity contribution < 1.29 is 9.84 Å². The highest BCUT2D eigenvalue weighted by molar-refractivity contribution is 5.98. The predicted molar refractivity (Wildman–Crippen MR) is 112 cm³/mol. The van der Waals surface area contributed by atoms with Gasteiger partial charge in [-0.25, -0.2) is 14.6 Å². The summed E-state index contributed by atoms with van der Waals surface area (Å²) in [4.78, 5) is 10.6. The van der Waals surface area contributed by atoms with Crippen molar-refractivity contribution >= 4 is 16.9 Å². The van der Waals surface area contributed by atoms with Gasteiger partial charge < -0.3 is 15.6 Å². The molecule has 3 heterocycles. The molecule has 2 aromatic heterocycles. The third kappa shape index (κ3) is 4.10. The molecule has 154 valence electrons. The zero-order chi connectivity index (χ0) is 20.6. The lowest BCUT2D eigenvalue weighted by molar-refractivity contribution is -0.242. The number of likely N-dealkylation sites (tertiary alicyclic amines) is 1. The molecule has 1 fully saturated rings. The highest BCUT2D eigenvalue weighted by atomic mass is 16.6. The molecule has 3 aromatic rings. The van der Waals surface area contributed by atoms with Gasteiger partial charge in [-0.3, -0.25) is 4.90 Å². The minimum absolute atomic E-state index is 0.0928. The van der Waals surface area contributed by atoms with E-state index in [1.54, 1.807) is 0 Å². The molecule has 1 aliphatic heterocycles. The molecule has 0 saturated carbocycles. The molecule has 1 aliphatic rings. The topological polar surface area (TPSA) is 102 Å². The summed E-state index contributed by atoms with van der Waals surface area (Å²) in [5.74, 6) is 0.416. The van der Waals surface area contributed by atoms with Crippen molar-refractivity contribution in [1.29, 1.82) is 0 Å². The zero-order valence-electron chi connectivity index (χ0n) is 17.1. The third-order valence-corrected chi connectivity index (χ3v) is 5.15. The van der Waals surface area contributed by atoms with Gasteiger partial charge in [0.1, 0.15) is 17.8 Å². The second kappa shape index (κ2) is 7.70. The molecule has 2 atom stereocenters. The minimum atomic E-state index is -0.947. The van der Waals surface area contributed by atoms with Crippen LogP contribution in [0.2, 0.25) is 0 Å². The van der Waals surface area contributed by atoms with Crippen LogP contribution in [0.1, 0.15) is 33.6 Å². The average Bonchev–Trinajstić information content (AvgIpc) is 3.27. The summed E-state index contributed by atoms with van der Waals surface area (Å²) in [5, 5.41) is 16.2. The number of aliphatic hydroxyl groups is 1. The molecule has 8 nitrogen and oxygen atoms in total. The maximum Gasteiger partial charge on any atom is 0.216 e. The van der Waals surface area contributed by atoms with Crippen molar-refractivity contribution in [1.82, 2.24) is 24.6 Å². The molecule has 0 amide bonds. The first kappa shape index (κ1) is 19.8. The highest BCUT2D eigenvalue weighted by Crippen LogP contribution is 2.31. The van der Waals surface area contributed by atoms with E-state index in [1.807, 2.05) is 60.7 Å². The normalized spacial score (nSPS) is 19.1. The van der Waals surface area contributed by atoms with Crippen molar-refractivity contribution in [3.8, 4) is 11.3 Å². The molecular formula is C21H28N6O2. The van der Waals surface area contributed by atoms with Gasteiger partial charge in [-0.2, -0.15) is 5.10 Å². The standard InChI is InChI=1S/C21H28N6O2/c1-21(2,3)29-20(28)26-11-7-10-15(26)12-27-19-16(18(22)23-13-24-19)17(25-27)14-8-5-4-6-9-14/h4-6,8-9,13,15,20,28H,7,10-12H2,1-3H3,(H2,22,23,24). The van der Waals surface area contributed by atoms with Crippen LogP contribution in [0.5, 0.6) is 0 Å². The number of nitrogens with two attached hydrogens (primary N) is 1. The Hall–Kier alpha value is -2.55. The fraction of sp³-hybridized carbons (Fsp3) is 0.476. The molecule has 2 unspecified atom stereocenters. The maximum absolute atomic E-state index is 10.6. The van der Waals surface area contributed by atoms with Gasteiger partial charge in [-0.15, -0.1) is 0 Å². The molecule has 4 rings (SSSR count). The molecule has 1 saturated heterocycles. The molecule has 0 radical (unpaired) electrons. The van der Waals surface area contributed by atoms with E-state index in [-0.39, 0.29) is 6.04 Å². The lowest BCUT2D eigenvalue weighted by atomic mass is 10.1. The summed E-state index contributed by atoms with van der Waals surface area (Å²) in [6.45, 7) is 7.19. The van der Waals surface area contributed by atoms with E-state index in [0.717, 1.165) is 36.0 Å². The smallest absolute Gasteiger partial charge is 0.216 e. The van der Waals surface area contributed by atoms with Gasteiger partial charge in [-0.1, -0.05) is 30.3 Å². The van der Waals surface area contributed by atoms with Crippen LogP contribution in [0.3, 0.4) is 0 Å². The van der Waals surface area contributed by atoms with Gasteiger partial charge in [0.15, 0.2) is 5.65 Å². The number of hydrogen-bond acceptors (Lipinski definition) is 7. The van der Waals surface area contributed by atoms with Crippen LogP contribution in [-0.4, -0.2) is 54.4 Å². The second-order valence-corrected chi connectivity index (χ2v) is 8.44. The van der Waals surface area contributed by atoms with Crippen molar-refractivity contribution in [2.45, 2.75) is 58.2 Å². The van der Waals surface area contributed by atoms with E-state index < -0.39 is 12.0 Å². The lowest BCUT2D eigenvalue weighted by Crippen LogP contribution is -2.45. The molecule has 0 aliphatic carbocycles. The number of hydrogen-bond donors (Lipinski definition) is 2. The van der Waals surface area contributed by atoms with Gasteiger partial charge >= 0.3 is 0 Å². The number of nitrogen functional groups attached to an aromatic ring is 1. The second-order valence-electron chi connectivity index (χ2n) is 8.44. The van der Waals surface area contributed by atoms with E-state index in [1.165, 1.54) is 6.33 Å². The Kier molecular flexibility index (Phi) is 5.24. The fourth-order valence-corrected chi connectivity index (χ4v) is 3.88. The molecule has 1 aromatic carbocycles. The first-order valence-corrected chi connectivity index (χ1v) is 9.97. The SMILES string of the molecule is CC(C)(C)OC(O)N1CCCC1Cn1nc(-c2ccccc2)c2c(N)ncnc21. The number of rotatable bonds is 5. The summed E-state index contributed by atoms with van der Waals surface area (Å²) in [6, 6.07) is 10.0. The fourth-order valence-electron chi connectivity index (χ4n) is 3.88. The maximum atomic E-state index is 10.6. The highest BCUT2D eigenvalue weighted by Gasteiger charge is 2.33. The van der Waals surface area contributed by atoms with E-state index in [2.05, 4.69) is 9.97 Å². The number of ether oxygens (including phenoxy) is 1. The number of benzene rings is 1. The largest absolute Gasteiger partial charge is 0.383 e. The number of anilines is 1. The Morgan fingerprint density at radius 2 is 2.00 bits per heavy atom. The summed E-state index contributed by atoms with van der Waals surface area (Å²) < 4.78 is 7.65. The van der Waals surface area contributed by atoms with E-state index >= 15 is 0 Å². The molecule has 0 bridgehead atoms. The quantitative estimate of drug-likeness (QED) is 0.639. The summed E-state index contributed by atoms with van der Waals surface area (Å²) in [5.41, 5.74) is 8.21. The van der Waals surface area contributed by atoms with Crippen LogP contribution >= 0.6 is 0 Å². The predicted octanol–water partition coefficient (Wildman–Crippen LogP) is 2.63.